The number of fused-ring (bicyclic) bond motifs is 5. The maximum absolute atomic E-state index is 12.0. The van der Waals surface area contributed by atoms with E-state index in [-0.39, 0.29) is 24.2 Å². The van der Waals surface area contributed by atoms with Gasteiger partial charge >= 0.3 is 10.9 Å². The van der Waals surface area contributed by atoms with E-state index in [0.717, 1.165) is 37.5 Å². The summed E-state index contributed by atoms with van der Waals surface area (Å²) in [6.45, 7) is 10.3. The van der Waals surface area contributed by atoms with Crippen molar-refractivity contribution in [3.05, 3.63) is 0 Å². The normalized spacial score (nSPS) is 44.4. The molecule has 0 spiro atoms. The summed E-state index contributed by atoms with van der Waals surface area (Å²) >= 11 is 11.1. The van der Waals surface area contributed by atoms with Gasteiger partial charge in [-0.05, 0) is 91.8 Å². The number of carbonyl (C=O) groups excluding carboxylic acids is 2. The smallest absolute Gasteiger partial charge is 0.404 e. The summed E-state index contributed by atoms with van der Waals surface area (Å²) in [5.41, 5.74) is -0.895. The highest BCUT2D eigenvalue weighted by Gasteiger charge is 2.63. The lowest BCUT2D eigenvalue weighted by Crippen LogP contribution is -2.59. The topological polar surface area (TPSA) is 61.8 Å². The molecule has 0 unspecified atom stereocenters. The Morgan fingerprint density at radius 2 is 1.65 bits per heavy atom. The first-order valence-corrected chi connectivity index (χ1v) is 14.2. The average molecular weight is 518 g/mol. The second kappa shape index (κ2) is 10.5. The van der Waals surface area contributed by atoms with Crippen molar-refractivity contribution in [3.63, 3.8) is 0 Å². The van der Waals surface area contributed by atoms with Crippen molar-refractivity contribution < 1.29 is 23.8 Å². The van der Waals surface area contributed by atoms with Gasteiger partial charge in [-0.25, -0.2) is 9.59 Å². The number of halogens is 2. The minimum atomic E-state index is -0.796. The largest absolute Gasteiger partial charge is 0.451 e. The van der Waals surface area contributed by atoms with Crippen LogP contribution in [0.25, 0.3) is 0 Å². The Balaban J connectivity index is 1.52. The van der Waals surface area contributed by atoms with Crippen molar-refractivity contribution in [1.29, 1.82) is 0 Å². The maximum atomic E-state index is 12.0. The molecular weight excluding hydrogens is 475 g/mol. The predicted octanol–water partition coefficient (Wildman–Crippen LogP) is 7.81. The monoisotopic (exact) mass is 516 g/mol. The van der Waals surface area contributed by atoms with Crippen LogP contribution < -0.4 is 0 Å². The van der Waals surface area contributed by atoms with Gasteiger partial charge in [-0.15, -0.1) is 0 Å². The van der Waals surface area contributed by atoms with Gasteiger partial charge in [0.2, 0.25) is 0 Å². The SMILES string of the molecule is CC[C@@H](C)[C@H]1CC[C@H]2[C@@H]3[C@H](OC(=O)Cl)C[C@@H]4C[C@H](OCCOC(=O)Cl)CC[C@]4(C)[C@H]3CC[C@]12C. The number of ether oxygens (including phenoxy) is 3. The summed E-state index contributed by atoms with van der Waals surface area (Å²) in [6, 6.07) is 0. The lowest BCUT2D eigenvalue weighted by Gasteiger charge is -2.62. The van der Waals surface area contributed by atoms with Gasteiger partial charge in [0.15, 0.2) is 0 Å². The maximum Gasteiger partial charge on any atom is 0.404 e. The molecular formula is C27H42Cl2O5. The van der Waals surface area contributed by atoms with E-state index in [1.807, 2.05) is 0 Å². The van der Waals surface area contributed by atoms with Crippen molar-refractivity contribution >= 4 is 34.1 Å². The van der Waals surface area contributed by atoms with E-state index in [4.69, 9.17) is 37.4 Å². The van der Waals surface area contributed by atoms with Crippen LogP contribution >= 0.6 is 23.2 Å². The Morgan fingerprint density at radius 1 is 0.941 bits per heavy atom. The van der Waals surface area contributed by atoms with Crippen LogP contribution in [0.2, 0.25) is 0 Å². The van der Waals surface area contributed by atoms with Crippen molar-refractivity contribution in [3.8, 4) is 0 Å². The summed E-state index contributed by atoms with van der Waals surface area (Å²) < 4.78 is 16.8. The molecule has 10 atom stereocenters. The molecule has 5 nitrogen and oxygen atoms in total. The van der Waals surface area contributed by atoms with Crippen LogP contribution in [0.15, 0.2) is 0 Å². The Kier molecular flexibility index (Phi) is 8.16. The molecule has 0 heterocycles. The molecule has 0 radical (unpaired) electrons. The van der Waals surface area contributed by atoms with E-state index in [1.165, 1.54) is 32.1 Å². The minimum Gasteiger partial charge on any atom is -0.451 e. The first kappa shape index (κ1) is 26.5. The zero-order valence-corrected chi connectivity index (χ0v) is 22.7. The van der Waals surface area contributed by atoms with Crippen LogP contribution in [-0.2, 0) is 14.2 Å². The predicted molar refractivity (Wildman–Crippen MR) is 133 cm³/mol. The van der Waals surface area contributed by atoms with Gasteiger partial charge in [0.25, 0.3) is 0 Å². The molecule has 0 aliphatic heterocycles. The van der Waals surface area contributed by atoms with Crippen molar-refractivity contribution in [2.75, 3.05) is 13.2 Å². The molecule has 194 valence electrons. The Morgan fingerprint density at radius 3 is 2.32 bits per heavy atom. The fourth-order valence-electron chi connectivity index (χ4n) is 9.15. The molecule has 4 fully saturated rings. The van der Waals surface area contributed by atoms with Gasteiger partial charge < -0.3 is 14.2 Å². The van der Waals surface area contributed by atoms with Crippen LogP contribution in [0.5, 0.6) is 0 Å². The quantitative estimate of drug-likeness (QED) is 0.255. The summed E-state index contributed by atoms with van der Waals surface area (Å²) in [6.07, 6.45) is 10.2. The van der Waals surface area contributed by atoms with Crippen molar-refractivity contribution in [1.82, 2.24) is 0 Å². The Bertz CT molecular complexity index is 761. The van der Waals surface area contributed by atoms with Crippen LogP contribution in [0.3, 0.4) is 0 Å². The first-order valence-electron chi connectivity index (χ1n) is 13.4. The van der Waals surface area contributed by atoms with Crippen molar-refractivity contribution in [2.45, 2.75) is 97.7 Å². The molecule has 4 aliphatic rings. The highest BCUT2D eigenvalue weighted by atomic mass is 35.5. The molecule has 7 heteroatoms. The van der Waals surface area contributed by atoms with E-state index in [1.54, 1.807) is 0 Å². The van der Waals surface area contributed by atoms with Crippen LogP contribution in [-0.4, -0.2) is 36.3 Å². The third kappa shape index (κ3) is 4.87. The average Bonchev–Trinajstić information content (AvgIpc) is 3.13. The van der Waals surface area contributed by atoms with Crippen LogP contribution in [0.4, 0.5) is 9.59 Å². The third-order valence-electron chi connectivity index (χ3n) is 10.9. The number of hydrogen-bond donors (Lipinski definition) is 0. The molecule has 0 saturated heterocycles. The first-order chi connectivity index (χ1) is 16.1. The third-order valence-corrected chi connectivity index (χ3v) is 11.1. The van der Waals surface area contributed by atoms with E-state index < -0.39 is 10.9 Å². The fourth-order valence-corrected chi connectivity index (χ4v) is 9.34. The number of hydrogen-bond acceptors (Lipinski definition) is 5. The van der Waals surface area contributed by atoms with E-state index in [9.17, 15) is 9.59 Å². The second-order valence-corrected chi connectivity index (χ2v) is 12.7. The molecule has 0 aromatic carbocycles. The molecule has 0 aromatic heterocycles. The summed E-state index contributed by atoms with van der Waals surface area (Å²) in [7, 11) is 0. The van der Waals surface area contributed by atoms with E-state index in [2.05, 4.69) is 27.7 Å². The van der Waals surface area contributed by atoms with Gasteiger partial charge in [-0.2, -0.15) is 0 Å². The minimum absolute atomic E-state index is 0.107. The Labute approximate surface area is 214 Å². The lowest BCUT2D eigenvalue weighted by molar-refractivity contribution is -0.177. The lowest BCUT2D eigenvalue weighted by atomic mass is 9.43. The summed E-state index contributed by atoms with van der Waals surface area (Å²) in [4.78, 5) is 22.8. The Hall–Kier alpha value is -0.520. The molecule has 0 aromatic rings. The molecule has 4 aliphatic carbocycles. The zero-order chi connectivity index (χ0) is 24.7. The molecule has 0 amide bonds. The van der Waals surface area contributed by atoms with E-state index in [0.29, 0.717) is 35.7 Å². The van der Waals surface area contributed by atoms with Gasteiger partial charge in [0.05, 0.1) is 12.7 Å². The van der Waals surface area contributed by atoms with Crippen LogP contribution in [0.1, 0.15) is 85.5 Å². The standard InChI is InChI=1S/C27H42Cl2O5/c1-5-16(2)19-6-7-20-23-21(9-11-27(19,20)4)26(3)10-8-18(32-12-13-33-24(28)30)14-17(26)15-22(23)34-25(29)31/h16-23H,5-15H2,1-4H3/t16-,17+,18-,19-,20+,21+,22-,23+,26+,27-/m1/s1. The summed E-state index contributed by atoms with van der Waals surface area (Å²) in [5, 5.41) is 0. The van der Waals surface area contributed by atoms with E-state index >= 15 is 0 Å². The zero-order valence-electron chi connectivity index (χ0n) is 21.2. The highest BCUT2D eigenvalue weighted by molar-refractivity contribution is 6.61. The molecule has 0 N–H and O–H groups in total. The number of rotatable bonds is 7. The van der Waals surface area contributed by atoms with Gasteiger partial charge in [-0.1, -0.05) is 34.1 Å². The van der Waals surface area contributed by atoms with Gasteiger partial charge in [0, 0.05) is 29.1 Å². The fraction of sp³-hybridized carbons (Fsp3) is 0.926. The number of carbonyl (C=O) groups is 2. The van der Waals surface area contributed by atoms with Crippen molar-refractivity contribution in [2.24, 2.45) is 46.3 Å². The molecule has 34 heavy (non-hydrogen) atoms. The highest BCUT2D eigenvalue weighted by Crippen LogP contribution is 2.68. The van der Waals surface area contributed by atoms with Gasteiger partial charge in [-0.3, -0.25) is 0 Å². The van der Waals surface area contributed by atoms with Gasteiger partial charge in [0.1, 0.15) is 12.7 Å². The molecule has 0 bridgehead atoms. The molecule has 4 saturated carbocycles. The molecule has 4 rings (SSSR count). The van der Waals surface area contributed by atoms with Crippen LogP contribution in [0, 0.1) is 46.3 Å². The second-order valence-electron chi connectivity index (χ2n) is 12.1. The summed E-state index contributed by atoms with van der Waals surface area (Å²) in [5.74, 6) is 3.48.